The topological polar surface area (TPSA) is 25.2 Å². The molecule has 1 N–H and O–H groups in total. The number of hydrogen-bond donors (Lipinski definition) is 1. The first-order valence-electron chi connectivity index (χ1n) is 7.36. The van der Waals surface area contributed by atoms with Crippen molar-refractivity contribution in [2.24, 2.45) is 11.8 Å². The molecule has 2 rings (SSSR count). The first-order valence-corrected chi connectivity index (χ1v) is 7.36. The summed E-state index contributed by atoms with van der Waals surface area (Å²) >= 11 is 0. The van der Waals surface area contributed by atoms with E-state index in [9.17, 15) is 0 Å². The number of hydrogen-bond acceptors (Lipinski definition) is 2. The minimum absolute atomic E-state index is 0.404. The smallest absolute Gasteiger partial charge is 0.105 e. The summed E-state index contributed by atoms with van der Waals surface area (Å²) in [6.07, 6.45) is 5.60. The molecule has 2 heteroatoms. The maximum absolute atomic E-state index is 5.60. The van der Waals surface area contributed by atoms with E-state index in [2.05, 4.69) is 32.2 Å². The Labute approximate surface area is 111 Å². The van der Waals surface area contributed by atoms with Gasteiger partial charge in [0.1, 0.15) is 11.5 Å². The van der Waals surface area contributed by atoms with Crippen LogP contribution in [0.3, 0.4) is 0 Å². The highest BCUT2D eigenvalue weighted by Crippen LogP contribution is 2.28. The van der Waals surface area contributed by atoms with Gasteiger partial charge in [0.2, 0.25) is 0 Å². The van der Waals surface area contributed by atoms with E-state index in [0.29, 0.717) is 6.04 Å². The molecule has 0 radical (unpaired) electrons. The molecule has 2 nitrogen and oxygen atoms in total. The Morgan fingerprint density at radius 2 is 1.94 bits per heavy atom. The first-order chi connectivity index (χ1) is 8.56. The van der Waals surface area contributed by atoms with Gasteiger partial charge in [0.05, 0.1) is 0 Å². The highest BCUT2D eigenvalue weighted by Gasteiger charge is 2.19. The first kappa shape index (κ1) is 13.7. The Morgan fingerprint density at radius 3 is 2.50 bits per heavy atom. The van der Waals surface area contributed by atoms with Gasteiger partial charge >= 0.3 is 0 Å². The van der Waals surface area contributed by atoms with Crippen molar-refractivity contribution in [2.45, 2.75) is 59.4 Å². The lowest BCUT2D eigenvalue weighted by Crippen LogP contribution is -2.28. The van der Waals surface area contributed by atoms with Crippen molar-refractivity contribution in [3.8, 4) is 0 Å². The van der Waals surface area contributed by atoms with Crippen LogP contribution in [0.5, 0.6) is 0 Å². The molecule has 0 bridgehead atoms. The van der Waals surface area contributed by atoms with Crippen LogP contribution in [0.4, 0.5) is 0 Å². The molecule has 0 saturated heterocycles. The quantitative estimate of drug-likeness (QED) is 0.857. The van der Waals surface area contributed by atoms with Crippen LogP contribution < -0.4 is 5.32 Å². The van der Waals surface area contributed by atoms with Crippen LogP contribution in [0.1, 0.15) is 62.7 Å². The zero-order chi connectivity index (χ0) is 13.1. The van der Waals surface area contributed by atoms with Crippen molar-refractivity contribution in [3.63, 3.8) is 0 Å². The Kier molecular flexibility index (Phi) is 4.50. The Morgan fingerprint density at radius 1 is 1.28 bits per heavy atom. The van der Waals surface area contributed by atoms with Crippen LogP contribution in [-0.4, -0.2) is 6.54 Å². The van der Waals surface area contributed by atoms with Crippen LogP contribution in [0, 0.1) is 25.7 Å². The Bertz CT molecular complexity index is 374. The van der Waals surface area contributed by atoms with Gasteiger partial charge in [-0.1, -0.05) is 19.8 Å². The standard InChI is InChI=1S/C16H27NO/c1-11-5-7-15(8-6-11)10-17-13(3)16-9-12(2)18-14(16)4/h9,11,13,15,17H,5-8,10H2,1-4H3. The average Bonchev–Trinajstić information content (AvgIpc) is 2.67. The van der Waals surface area contributed by atoms with Gasteiger partial charge in [-0.25, -0.2) is 0 Å². The summed E-state index contributed by atoms with van der Waals surface area (Å²) in [6.45, 7) is 9.85. The van der Waals surface area contributed by atoms with E-state index in [-0.39, 0.29) is 0 Å². The van der Waals surface area contributed by atoms with E-state index in [0.717, 1.165) is 29.9 Å². The molecule has 1 heterocycles. The number of nitrogens with one attached hydrogen (secondary N) is 1. The normalized spacial score (nSPS) is 26.2. The molecule has 0 aromatic carbocycles. The van der Waals surface area contributed by atoms with E-state index < -0.39 is 0 Å². The maximum atomic E-state index is 5.60. The number of aryl methyl sites for hydroxylation is 2. The Balaban J connectivity index is 1.81. The largest absolute Gasteiger partial charge is 0.466 e. The van der Waals surface area contributed by atoms with Crippen molar-refractivity contribution in [1.29, 1.82) is 0 Å². The van der Waals surface area contributed by atoms with Gasteiger partial charge in [-0.3, -0.25) is 0 Å². The van der Waals surface area contributed by atoms with Crippen molar-refractivity contribution in [1.82, 2.24) is 5.32 Å². The predicted octanol–water partition coefficient (Wildman–Crippen LogP) is 4.37. The molecule has 1 aromatic heterocycles. The molecule has 1 aliphatic rings. The summed E-state index contributed by atoms with van der Waals surface area (Å²) in [6, 6.07) is 2.57. The molecule has 0 spiro atoms. The lowest BCUT2D eigenvalue weighted by Gasteiger charge is -2.27. The number of furan rings is 1. The summed E-state index contributed by atoms with van der Waals surface area (Å²) in [5.74, 6) is 3.89. The van der Waals surface area contributed by atoms with Crippen LogP contribution in [0.25, 0.3) is 0 Å². The molecular formula is C16H27NO. The van der Waals surface area contributed by atoms with Gasteiger partial charge in [0.25, 0.3) is 0 Å². The second-order valence-electron chi connectivity index (χ2n) is 6.12. The van der Waals surface area contributed by atoms with Gasteiger partial charge in [0, 0.05) is 11.6 Å². The van der Waals surface area contributed by atoms with E-state index in [1.165, 1.54) is 31.2 Å². The van der Waals surface area contributed by atoms with Gasteiger partial charge in [-0.15, -0.1) is 0 Å². The Hall–Kier alpha value is -0.760. The van der Waals surface area contributed by atoms with Crippen LogP contribution in [-0.2, 0) is 0 Å². The summed E-state index contributed by atoms with van der Waals surface area (Å²) in [5, 5.41) is 3.68. The van der Waals surface area contributed by atoms with Gasteiger partial charge in [-0.2, -0.15) is 0 Å². The van der Waals surface area contributed by atoms with Gasteiger partial charge < -0.3 is 9.73 Å². The van der Waals surface area contributed by atoms with Crippen LogP contribution in [0.2, 0.25) is 0 Å². The molecule has 0 amide bonds. The van der Waals surface area contributed by atoms with Crippen LogP contribution in [0.15, 0.2) is 10.5 Å². The van der Waals surface area contributed by atoms with E-state index in [4.69, 9.17) is 4.42 Å². The summed E-state index contributed by atoms with van der Waals surface area (Å²) < 4.78 is 5.60. The van der Waals surface area contributed by atoms with Crippen molar-refractivity contribution in [3.05, 3.63) is 23.2 Å². The highest BCUT2D eigenvalue weighted by molar-refractivity contribution is 5.23. The zero-order valence-electron chi connectivity index (χ0n) is 12.3. The molecule has 1 aromatic rings. The van der Waals surface area contributed by atoms with Gasteiger partial charge in [-0.05, 0) is 58.1 Å². The average molecular weight is 249 g/mol. The molecule has 1 atom stereocenters. The van der Waals surface area contributed by atoms with E-state index in [1.54, 1.807) is 0 Å². The third-order valence-electron chi connectivity index (χ3n) is 4.39. The zero-order valence-corrected chi connectivity index (χ0v) is 12.3. The molecule has 0 aliphatic heterocycles. The maximum Gasteiger partial charge on any atom is 0.105 e. The molecular weight excluding hydrogens is 222 g/mol. The second kappa shape index (κ2) is 5.92. The lowest BCUT2D eigenvalue weighted by atomic mass is 9.83. The molecule has 18 heavy (non-hydrogen) atoms. The SMILES string of the molecule is Cc1cc(C(C)NCC2CCC(C)CC2)c(C)o1. The van der Waals surface area contributed by atoms with E-state index >= 15 is 0 Å². The fourth-order valence-electron chi connectivity index (χ4n) is 3.07. The predicted molar refractivity (Wildman–Crippen MR) is 75.7 cm³/mol. The third kappa shape index (κ3) is 3.38. The highest BCUT2D eigenvalue weighted by atomic mass is 16.3. The van der Waals surface area contributed by atoms with Crippen LogP contribution >= 0.6 is 0 Å². The minimum atomic E-state index is 0.404. The van der Waals surface area contributed by atoms with E-state index in [1.807, 2.05) is 6.92 Å². The lowest BCUT2D eigenvalue weighted by molar-refractivity contribution is 0.276. The van der Waals surface area contributed by atoms with Crippen molar-refractivity contribution in [2.75, 3.05) is 6.54 Å². The molecule has 1 aliphatic carbocycles. The summed E-state index contributed by atoms with van der Waals surface area (Å²) in [4.78, 5) is 0. The molecule has 102 valence electrons. The van der Waals surface area contributed by atoms with Crippen molar-refractivity contribution < 1.29 is 4.42 Å². The fourth-order valence-corrected chi connectivity index (χ4v) is 3.07. The molecule has 1 fully saturated rings. The molecule has 1 unspecified atom stereocenters. The summed E-state index contributed by atoms with van der Waals surface area (Å²) in [5.41, 5.74) is 1.32. The number of rotatable bonds is 4. The molecule has 1 saturated carbocycles. The van der Waals surface area contributed by atoms with Gasteiger partial charge in [0.15, 0.2) is 0 Å². The monoisotopic (exact) mass is 249 g/mol. The third-order valence-corrected chi connectivity index (χ3v) is 4.39. The second-order valence-corrected chi connectivity index (χ2v) is 6.12. The fraction of sp³-hybridized carbons (Fsp3) is 0.750. The minimum Gasteiger partial charge on any atom is -0.466 e. The summed E-state index contributed by atoms with van der Waals surface area (Å²) in [7, 11) is 0. The van der Waals surface area contributed by atoms with Crippen molar-refractivity contribution >= 4 is 0 Å².